The lowest BCUT2D eigenvalue weighted by atomic mass is 9.72. The van der Waals surface area contributed by atoms with E-state index >= 15 is 0 Å². The van der Waals surface area contributed by atoms with Gasteiger partial charge in [-0.2, -0.15) is 13.2 Å². The highest BCUT2D eigenvalue weighted by molar-refractivity contribution is 5.92. The van der Waals surface area contributed by atoms with Crippen molar-refractivity contribution in [3.63, 3.8) is 0 Å². The molecule has 0 unspecified atom stereocenters. The fourth-order valence-electron chi connectivity index (χ4n) is 4.89. The van der Waals surface area contributed by atoms with Gasteiger partial charge in [-0.3, -0.25) is 4.79 Å². The van der Waals surface area contributed by atoms with Crippen molar-refractivity contribution >= 4 is 5.91 Å². The normalized spacial score (nSPS) is 16.4. The molecule has 2 aromatic carbocycles. The Morgan fingerprint density at radius 3 is 2.29 bits per heavy atom. The smallest absolute Gasteiger partial charge is 0.350 e. The van der Waals surface area contributed by atoms with E-state index in [1.807, 2.05) is 37.5 Å². The molecule has 1 saturated heterocycles. The number of likely N-dealkylation sites (tertiary alicyclic amines) is 1. The van der Waals surface area contributed by atoms with Crippen LogP contribution in [0, 0.1) is 0 Å². The standard InChI is InChI=1S/C27H30F3N3O/c1-32-16-7-12-24(32)25(34)31-20-26(22-9-3-2-4-10-22)14-18-33(19-15-26)17-13-21-8-5-6-11-23(21)27(28,29)30/h2-12,16H,13-15,17-20H2,1H3,(H,31,34). The Hall–Kier alpha value is -3.06. The molecule has 2 heterocycles. The molecule has 0 atom stereocenters. The Labute approximate surface area is 198 Å². The van der Waals surface area contributed by atoms with Crippen LogP contribution in [0.5, 0.6) is 0 Å². The number of carbonyl (C=O) groups excluding carboxylic acids is 1. The van der Waals surface area contributed by atoms with Gasteiger partial charge in [-0.05, 0) is 61.7 Å². The Morgan fingerprint density at radius 1 is 0.971 bits per heavy atom. The Morgan fingerprint density at radius 2 is 1.65 bits per heavy atom. The number of hydrogen-bond acceptors (Lipinski definition) is 2. The summed E-state index contributed by atoms with van der Waals surface area (Å²) >= 11 is 0. The molecule has 1 aromatic heterocycles. The van der Waals surface area contributed by atoms with Crippen molar-refractivity contribution in [1.82, 2.24) is 14.8 Å². The number of aryl methyl sites for hydroxylation is 1. The molecule has 0 radical (unpaired) electrons. The molecule has 180 valence electrons. The summed E-state index contributed by atoms with van der Waals surface area (Å²) in [6.07, 6.45) is -0.482. The molecule has 0 aliphatic carbocycles. The lowest BCUT2D eigenvalue weighted by molar-refractivity contribution is -0.138. The molecule has 0 saturated carbocycles. The first-order valence-electron chi connectivity index (χ1n) is 11.6. The quantitative estimate of drug-likeness (QED) is 0.526. The summed E-state index contributed by atoms with van der Waals surface area (Å²) in [4.78, 5) is 15.0. The molecule has 4 rings (SSSR count). The van der Waals surface area contributed by atoms with Crippen molar-refractivity contribution in [3.8, 4) is 0 Å². The van der Waals surface area contributed by atoms with Gasteiger partial charge in [-0.25, -0.2) is 0 Å². The topological polar surface area (TPSA) is 37.3 Å². The number of nitrogens with zero attached hydrogens (tertiary/aromatic N) is 2. The summed E-state index contributed by atoms with van der Waals surface area (Å²) in [6.45, 7) is 2.63. The van der Waals surface area contributed by atoms with Gasteiger partial charge in [0, 0.05) is 31.7 Å². The van der Waals surface area contributed by atoms with E-state index in [1.165, 1.54) is 11.6 Å². The summed E-state index contributed by atoms with van der Waals surface area (Å²) in [5, 5.41) is 3.13. The van der Waals surface area contributed by atoms with E-state index in [9.17, 15) is 18.0 Å². The maximum Gasteiger partial charge on any atom is 0.416 e. The van der Waals surface area contributed by atoms with E-state index in [2.05, 4.69) is 22.3 Å². The zero-order valence-corrected chi connectivity index (χ0v) is 19.3. The first-order chi connectivity index (χ1) is 16.3. The van der Waals surface area contributed by atoms with Crippen molar-refractivity contribution < 1.29 is 18.0 Å². The molecule has 1 aliphatic rings. The van der Waals surface area contributed by atoms with Crippen molar-refractivity contribution in [3.05, 3.63) is 95.3 Å². The third-order valence-corrected chi connectivity index (χ3v) is 6.98. The average Bonchev–Trinajstić information content (AvgIpc) is 3.28. The van der Waals surface area contributed by atoms with Gasteiger partial charge in [0.05, 0.1) is 5.56 Å². The number of nitrogens with one attached hydrogen (secondary N) is 1. The van der Waals surface area contributed by atoms with Gasteiger partial charge >= 0.3 is 6.18 Å². The first-order valence-corrected chi connectivity index (χ1v) is 11.6. The van der Waals surface area contributed by atoms with Crippen LogP contribution < -0.4 is 5.32 Å². The minimum Gasteiger partial charge on any atom is -0.350 e. The second kappa shape index (κ2) is 10.1. The minimum atomic E-state index is -4.34. The Balaban J connectivity index is 1.42. The van der Waals surface area contributed by atoms with Crippen LogP contribution >= 0.6 is 0 Å². The Kier molecular flexibility index (Phi) is 7.12. The van der Waals surface area contributed by atoms with Crippen molar-refractivity contribution in [2.45, 2.75) is 30.9 Å². The van der Waals surface area contributed by atoms with Crippen LogP contribution in [0.1, 0.15) is 40.0 Å². The predicted molar refractivity (Wildman–Crippen MR) is 127 cm³/mol. The van der Waals surface area contributed by atoms with Crippen LogP contribution in [0.3, 0.4) is 0 Å². The highest BCUT2D eigenvalue weighted by Gasteiger charge is 2.37. The van der Waals surface area contributed by atoms with E-state index in [-0.39, 0.29) is 11.3 Å². The average molecular weight is 470 g/mol. The molecule has 0 spiro atoms. The third kappa shape index (κ3) is 5.36. The molecular formula is C27H30F3N3O. The van der Waals surface area contributed by atoms with Crippen LogP contribution in [-0.2, 0) is 25.1 Å². The highest BCUT2D eigenvalue weighted by Crippen LogP contribution is 2.36. The number of piperidine rings is 1. The largest absolute Gasteiger partial charge is 0.416 e. The number of hydrogen-bond donors (Lipinski definition) is 1. The molecule has 4 nitrogen and oxygen atoms in total. The SMILES string of the molecule is Cn1cccc1C(=O)NCC1(c2ccccc2)CCN(CCc2ccccc2C(F)(F)F)CC1. The van der Waals surface area contributed by atoms with Gasteiger partial charge in [-0.1, -0.05) is 48.5 Å². The van der Waals surface area contributed by atoms with Crippen LogP contribution in [-0.4, -0.2) is 41.6 Å². The van der Waals surface area contributed by atoms with E-state index in [0.29, 0.717) is 30.8 Å². The van der Waals surface area contributed by atoms with Crippen LogP contribution in [0.4, 0.5) is 13.2 Å². The summed E-state index contributed by atoms with van der Waals surface area (Å²) in [7, 11) is 1.84. The second-order valence-corrected chi connectivity index (χ2v) is 9.08. The van der Waals surface area contributed by atoms with E-state index in [1.54, 1.807) is 22.8 Å². The van der Waals surface area contributed by atoms with Gasteiger partial charge in [0.25, 0.3) is 5.91 Å². The molecule has 1 fully saturated rings. The number of carbonyl (C=O) groups is 1. The Bertz CT molecular complexity index is 1100. The van der Waals surface area contributed by atoms with Gasteiger partial charge < -0.3 is 14.8 Å². The number of halogens is 3. The zero-order chi connectivity index (χ0) is 24.2. The lowest BCUT2D eigenvalue weighted by Gasteiger charge is -2.42. The summed E-state index contributed by atoms with van der Waals surface area (Å²) in [5.41, 5.74) is 1.38. The van der Waals surface area contributed by atoms with Gasteiger partial charge in [0.1, 0.15) is 5.69 Å². The van der Waals surface area contributed by atoms with Crippen LogP contribution in [0.15, 0.2) is 72.9 Å². The van der Waals surface area contributed by atoms with Crippen molar-refractivity contribution in [2.75, 3.05) is 26.2 Å². The van der Waals surface area contributed by atoms with Crippen molar-refractivity contribution in [2.24, 2.45) is 7.05 Å². The number of rotatable bonds is 7. The maximum atomic E-state index is 13.3. The lowest BCUT2D eigenvalue weighted by Crippen LogP contribution is -2.49. The van der Waals surface area contributed by atoms with Crippen molar-refractivity contribution in [1.29, 1.82) is 0 Å². The molecule has 0 bridgehead atoms. The number of amides is 1. The molecule has 1 N–H and O–H groups in total. The highest BCUT2D eigenvalue weighted by atomic mass is 19.4. The van der Waals surface area contributed by atoms with E-state index in [0.717, 1.165) is 32.0 Å². The van der Waals surface area contributed by atoms with Gasteiger partial charge in [0.2, 0.25) is 0 Å². The number of benzene rings is 2. The van der Waals surface area contributed by atoms with Gasteiger partial charge in [0.15, 0.2) is 0 Å². The summed E-state index contributed by atoms with van der Waals surface area (Å²) in [5.74, 6) is -0.103. The molecule has 1 amide bonds. The first kappa shape index (κ1) is 24.1. The molecular weight excluding hydrogens is 439 g/mol. The molecule has 1 aliphatic heterocycles. The third-order valence-electron chi connectivity index (χ3n) is 6.98. The monoisotopic (exact) mass is 469 g/mol. The summed E-state index contributed by atoms with van der Waals surface area (Å²) in [6, 6.07) is 19.7. The van der Waals surface area contributed by atoms with Crippen LogP contribution in [0.25, 0.3) is 0 Å². The number of alkyl halides is 3. The fraction of sp³-hybridized carbons (Fsp3) is 0.370. The predicted octanol–water partition coefficient (Wildman–Crippen LogP) is 5.05. The molecule has 3 aromatic rings. The molecule has 7 heteroatoms. The van der Waals surface area contributed by atoms with E-state index < -0.39 is 11.7 Å². The van der Waals surface area contributed by atoms with E-state index in [4.69, 9.17) is 0 Å². The molecule has 34 heavy (non-hydrogen) atoms. The maximum absolute atomic E-state index is 13.3. The van der Waals surface area contributed by atoms with Crippen LogP contribution in [0.2, 0.25) is 0 Å². The summed E-state index contributed by atoms with van der Waals surface area (Å²) < 4.78 is 41.8. The zero-order valence-electron chi connectivity index (χ0n) is 19.3. The second-order valence-electron chi connectivity index (χ2n) is 9.08. The fourth-order valence-corrected chi connectivity index (χ4v) is 4.89. The number of aromatic nitrogens is 1. The van der Waals surface area contributed by atoms with Gasteiger partial charge in [-0.15, -0.1) is 0 Å². The minimum absolute atomic E-state index is 0.103.